The van der Waals surface area contributed by atoms with Gasteiger partial charge in [-0.05, 0) is 31.9 Å². The van der Waals surface area contributed by atoms with Crippen LogP contribution >= 0.6 is 0 Å². The molecule has 1 aromatic carbocycles. The minimum atomic E-state index is 0.501. The summed E-state index contributed by atoms with van der Waals surface area (Å²) in [5.74, 6) is 0.501. The smallest absolute Gasteiger partial charge is 0.0945 e. The highest BCUT2D eigenvalue weighted by molar-refractivity contribution is 5.66. The Bertz CT molecular complexity index is 830. The fourth-order valence-corrected chi connectivity index (χ4v) is 3.77. The van der Waals surface area contributed by atoms with Crippen LogP contribution in [0.1, 0.15) is 35.7 Å². The van der Waals surface area contributed by atoms with Crippen molar-refractivity contribution in [2.75, 3.05) is 13.1 Å². The molecule has 130 valence electrons. The fraction of sp³-hybridized carbons (Fsp3) is 0.400. The van der Waals surface area contributed by atoms with E-state index >= 15 is 0 Å². The summed E-state index contributed by atoms with van der Waals surface area (Å²) in [6.07, 6.45) is 8.25. The summed E-state index contributed by atoms with van der Waals surface area (Å²) in [6.45, 7) is 5.29. The van der Waals surface area contributed by atoms with Gasteiger partial charge in [0.15, 0.2) is 0 Å². The second kappa shape index (κ2) is 6.84. The Morgan fingerprint density at radius 2 is 2.04 bits per heavy atom. The van der Waals surface area contributed by atoms with Crippen LogP contribution in [0.4, 0.5) is 0 Å². The molecule has 0 spiro atoms. The van der Waals surface area contributed by atoms with Gasteiger partial charge in [0.1, 0.15) is 0 Å². The van der Waals surface area contributed by atoms with Gasteiger partial charge in [-0.1, -0.05) is 29.8 Å². The number of H-pyrrole nitrogens is 1. The molecule has 1 N–H and O–H groups in total. The highest BCUT2D eigenvalue weighted by Crippen LogP contribution is 2.33. The van der Waals surface area contributed by atoms with Crippen molar-refractivity contribution in [1.29, 1.82) is 0 Å². The summed E-state index contributed by atoms with van der Waals surface area (Å²) < 4.78 is 2.11. The Morgan fingerprint density at radius 3 is 2.80 bits per heavy atom. The first-order chi connectivity index (χ1) is 12.2. The normalized spacial score (nSPS) is 18.6. The molecule has 0 unspecified atom stereocenters. The standard InChI is InChI=1S/C20H25N5/c1-15-5-7-16(8-6-15)19-11-22-23-20(19)17-4-3-9-25(12-17)13-18-10-21-14-24(18)2/h5-8,10-11,14,17H,3-4,9,12-13H2,1-2H3,(H,22,23)/t17-/m1/s1. The molecule has 0 aliphatic carbocycles. The maximum Gasteiger partial charge on any atom is 0.0945 e. The van der Waals surface area contributed by atoms with Crippen molar-refractivity contribution in [2.24, 2.45) is 7.05 Å². The lowest BCUT2D eigenvalue weighted by molar-refractivity contribution is 0.195. The molecule has 5 nitrogen and oxygen atoms in total. The van der Waals surface area contributed by atoms with Crippen molar-refractivity contribution >= 4 is 0 Å². The maximum atomic E-state index is 4.35. The SMILES string of the molecule is Cc1ccc(-c2cn[nH]c2[C@@H]2CCCN(Cc3cncn3C)C2)cc1. The van der Waals surface area contributed by atoms with Gasteiger partial charge in [0, 0.05) is 43.5 Å². The van der Waals surface area contributed by atoms with Crippen LogP contribution in [0.15, 0.2) is 43.0 Å². The first kappa shape index (κ1) is 16.1. The van der Waals surface area contributed by atoms with Crippen molar-refractivity contribution in [3.63, 3.8) is 0 Å². The quantitative estimate of drug-likeness (QED) is 0.794. The number of likely N-dealkylation sites (tertiary alicyclic amines) is 1. The van der Waals surface area contributed by atoms with Gasteiger partial charge in [0.2, 0.25) is 0 Å². The molecule has 0 saturated carbocycles. The monoisotopic (exact) mass is 335 g/mol. The van der Waals surface area contributed by atoms with Crippen LogP contribution < -0.4 is 0 Å². The van der Waals surface area contributed by atoms with Gasteiger partial charge in [-0.3, -0.25) is 10.00 Å². The summed E-state index contributed by atoms with van der Waals surface area (Å²) in [6, 6.07) is 8.73. The minimum absolute atomic E-state index is 0.501. The number of hydrogen-bond acceptors (Lipinski definition) is 3. The Morgan fingerprint density at radius 1 is 1.20 bits per heavy atom. The van der Waals surface area contributed by atoms with Gasteiger partial charge in [-0.25, -0.2) is 4.98 Å². The Kier molecular flexibility index (Phi) is 4.40. The van der Waals surface area contributed by atoms with E-state index in [4.69, 9.17) is 0 Å². The van der Waals surface area contributed by atoms with Crippen molar-refractivity contribution in [1.82, 2.24) is 24.6 Å². The van der Waals surface area contributed by atoms with Crippen molar-refractivity contribution in [3.05, 3.63) is 59.9 Å². The van der Waals surface area contributed by atoms with E-state index in [1.807, 2.05) is 18.7 Å². The van der Waals surface area contributed by atoms with E-state index in [1.54, 1.807) is 0 Å². The summed E-state index contributed by atoms with van der Waals surface area (Å²) in [5, 5.41) is 7.64. The molecule has 0 radical (unpaired) electrons. The summed E-state index contributed by atoms with van der Waals surface area (Å²) in [5.41, 5.74) is 6.32. The van der Waals surface area contributed by atoms with Gasteiger partial charge < -0.3 is 4.57 Å². The van der Waals surface area contributed by atoms with Crippen LogP contribution in [0, 0.1) is 6.92 Å². The van der Waals surface area contributed by atoms with Gasteiger partial charge in [0.25, 0.3) is 0 Å². The van der Waals surface area contributed by atoms with E-state index in [9.17, 15) is 0 Å². The molecule has 1 atom stereocenters. The average molecular weight is 335 g/mol. The molecule has 5 heteroatoms. The van der Waals surface area contributed by atoms with E-state index in [2.05, 4.69) is 62.9 Å². The third kappa shape index (κ3) is 3.37. The van der Waals surface area contributed by atoms with Crippen LogP contribution in [-0.4, -0.2) is 37.7 Å². The third-order valence-corrected chi connectivity index (χ3v) is 5.25. The van der Waals surface area contributed by atoms with E-state index in [0.29, 0.717) is 5.92 Å². The fourth-order valence-electron chi connectivity index (χ4n) is 3.77. The molecule has 4 rings (SSSR count). The molecular weight excluding hydrogens is 310 g/mol. The largest absolute Gasteiger partial charge is 0.337 e. The molecule has 3 aromatic rings. The first-order valence-electron chi connectivity index (χ1n) is 8.98. The second-order valence-electron chi connectivity index (χ2n) is 7.13. The number of piperidine rings is 1. The maximum absolute atomic E-state index is 4.35. The van der Waals surface area contributed by atoms with Gasteiger partial charge >= 0.3 is 0 Å². The summed E-state index contributed by atoms with van der Waals surface area (Å²) >= 11 is 0. The second-order valence-corrected chi connectivity index (χ2v) is 7.13. The zero-order chi connectivity index (χ0) is 17.2. The summed E-state index contributed by atoms with van der Waals surface area (Å²) in [4.78, 5) is 6.77. The first-order valence-corrected chi connectivity index (χ1v) is 8.98. The van der Waals surface area contributed by atoms with Crippen LogP contribution in [0.2, 0.25) is 0 Å². The van der Waals surface area contributed by atoms with Crippen LogP contribution in [0.3, 0.4) is 0 Å². The van der Waals surface area contributed by atoms with Gasteiger partial charge in [-0.15, -0.1) is 0 Å². The number of aromatic amines is 1. The number of rotatable bonds is 4. The van der Waals surface area contributed by atoms with E-state index in [1.165, 1.54) is 40.9 Å². The zero-order valence-electron chi connectivity index (χ0n) is 14.9. The molecule has 0 amide bonds. The highest BCUT2D eigenvalue weighted by atomic mass is 15.2. The molecule has 1 aliphatic rings. The molecule has 1 saturated heterocycles. The topological polar surface area (TPSA) is 49.7 Å². The van der Waals surface area contributed by atoms with E-state index < -0.39 is 0 Å². The average Bonchev–Trinajstić information content (AvgIpc) is 3.26. The zero-order valence-corrected chi connectivity index (χ0v) is 14.9. The Hall–Kier alpha value is -2.40. The van der Waals surface area contributed by atoms with Crippen molar-refractivity contribution < 1.29 is 0 Å². The number of aromatic nitrogens is 4. The predicted molar refractivity (Wildman–Crippen MR) is 99.2 cm³/mol. The molecule has 1 aliphatic heterocycles. The number of imidazole rings is 1. The van der Waals surface area contributed by atoms with Crippen LogP contribution in [0.25, 0.3) is 11.1 Å². The Balaban J connectivity index is 1.53. The van der Waals surface area contributed by atoms with Crippen molar-refractivity contribution in [2.45, 2.75) is 32.2 Å². The number of aryl methyl sites for hydroxylation is 2. The number of benzene rings is 1. The lowest BCUT2D eigenvalue weighted by atomic mass is 9.90. The lowest BCUT2D eigenvalue weighted by Gasteiger charge is -2.32. The van der Waals surface area contributed by atoms with Crippen LogP contribution in [0.5, 0.6) is 0 Å². The molecule has 0 bridgehead atoms. The number of hydrogen-bond donors (Lipinski definition) is 1. The molecule has 3 heterocycles. The van der Waals surface area contributed by atoms with E-state index in [-0.39, 0.29) is 0 Å². The van der Waals surface area contributed by atoms with Gasteiger partial charge in [0.05, 0.1) is 18.2 Å². The number of nitrogens with one attached hydrogen (secondary N) is 1. The molecular formula is C20H25N5. The Labute approximate surface area is 148 Å². The number of nitrogens with zero attached hydrogens (tertiary/aromatic N) is 4. The molecule has 25 heavy (non-hydrogen) atoms. The predicted octanol–water partition coefficient (Wildman–Crippen LogP) is 3.50. The molecule has 2 aromatic heterocycles. The third-order valence-electron chi connectivity index (χ3n) is 5.25. The van der Waals surface area contributed by atoms with Gasteiger partial charge in [-0.2, -0.15) is 5.10 Å². The molecule has 1 fully saturated rings. The van der Waals surface area contributed by atoms with Crippen molar-refractivity contribution in [3.8, 4) is 11.1 Å². The van der Waals surface area contributed by atoms with Crippen LogP contribution in [-0.2, 0) is 13.6 Å². The summed E-state index contributed by atoms with van der Waals surface area (Å²) in [7, 11) is 2.06. The lowest BCUT2D eigenvalue weighted by Crippen LogP contribution is -2.34. The minimum Gasteiger partial charge on any atom is -0.337 e. The van der Waals surface area contributed by atoms with E-state index in [0.717, 1.165) is 19.6 Å². The highest BCUT2D eigenvalue weighted by Gasteiger charge is 2.25.